The zero-order chi connectivity index (χ0) is 12.0. The number of halogens is 1. The van der Waals surface area contributed by atoms with Gasteiger partial charge in [0.25, 0.3) is 5.56 Å². The Balaban J connectivity index is 2.45. The first-order valence-electron chi connectivity index (χ1n) is 5.94. The standard InChI is InChI=1S/C14H14BrNO/c1-8-9(7-15)5-6-11-10-3-2-4-12(10)14(17)16-13(8)11/h5-6H,2-4,7H2,1H3,(H,16,17). The van der Waals surface area contributed by atoms with Crippen LogP contribution in [0.2, 0.25) is 0 Å². The number of hydrogen-bond donors (Lipinski definition) is 1. The molecule has 1 aliphatic rings. The summed E-state index contributed by atoms with van der Waals surface area (Å²) >= 11 is 3.48. The summed E-state index contributed by atoms with van der Waals surface area (Å²) in [6.45, 7) is 2.08. The molecular formula is C14H14BrNO. The molecule has 0 aliphatic heterocycles. The third-order valence-corrected chi connectivity index (χ3v) is 4.38. The Hall–Kier alpha value is -1.09. The van der Waals surface area contributed by atoms with Crippen molar-refractivity contribution in [3.63, 3.8) is 0 Å². The van der Waals surface area contributed by atoms with E-state index >= 15 is 0 Å². The van der Waals surface area contributed by atoms with Crippen LogP contribution in [0.25, 0.3) is 10.9 Å². The minimum absolute atomic E-state index is 0.111. The lowest BCUT2D eigenvalue weighted by atomic mass is 10.00. The Labute approximate surface area is 108 Å². The van der Waals surface area contributed by atoms with Gasteiger partial charge in [0.15, 0.2) is 0 Å². The third-order valence-electron chi connectivity index (χ3n) is 3.78. The average Bonchev–Trinajstić information content (AvgIpc) is 2.81. The molecule has 0 unspecified atom stereocenters. The molecule has 1 N–H and O–H groups in total. The van der Waals surface area contributed by atoms with Gasteiger partial charge in [-0.25, -0.2) is 0 Å². The molecule has 88 valence electrons. The van der Waals surface area contributed by atoms with Crippen LogP contribution in [0.15, 0.2) is 16.9 Å². The van der Waals surface area contributed by atoms with Gasteiger partial charge in [-0.05, 0) is 42.9 Å². The van der Waals surface area contributed by atoms with Crippen LogP contribution in [0.5, 0.6) is 0 Å². The fourth-order valence-corrected chi connectivity index (χ4v) is 3.40. The summed E-state index contributed by atoms with van der Waals surface area (Å²) in [5.41, 5.74) is 5.83. The normalized spacial score (nSPS) is 14.2. The molecule has 0 atom stereocenters. The zero-order valence-corrected chi connectivity index (χ0v) is 11.4. The van der Waals surface area contributed by atoms with Crippen molar-refractivity contribution in [1.82, 2.24) is 4.98 Å². The second-order valence-electron chi connectivity index (χ2n) is 4.67. The molecule has 0 fully saturated rings. The van der Waals surface area contributed by atoms with Crippen molar-refractivity contribution in [1.29, 1.82) is 0 Å². The van der Waals surface area contributed by atoms with Gasteiger partial charge in [-0.2, -0.15) is 0 Å². The molecule has 1 heterocycles. The van der Waals surface area contributed by atoms with Crippen LogP contribution < -0.4 is 5.56 Å². The Bertz CT molecular complexity index is 657. The van der Waals surface area contributed by atoms with E-state index in [1.54, 1.807) is 0 Å². The fraction of sp³-hybridized carbons (Fsp3) is 0.357. The summed E-state index contributed by atoms with van der Waals surface area (Å²) in [5, 5.41) is 2.06. The number of pyridine rings is 1. The third kappa shape index (κ3) is 1.56. The SMILES string of the molecule is Cc1c(CBr)ccc2c3c(c(=O)[nH]c12)CCC3. The number of benzene rings is 1. The van der Waals surface area contributed by atoms with Crippen molar-refractivity contribution in [2.24, 2.45) is 0 Å². The highest BCUT2D eigenvalue weighted by atomic mass is 79.9. The van der Waals surface area contributed by atoms with Gasteiger partial charge >= 0.3 is 0 Å². The van der Waals surface area contributed by atoms with Crippen molar-refractivity contribution in [3.05, 3.63) is 44.7 Å². The van der Waals surface area contributed by atoms with Crippen LogP contribution in [0, 0.1) is 6.92 Å². The average molecular weight is 292 g/mol. The summed E-state index contributed by atoms with van der Waals surface area (Å²) in [6.07, 6.45) is 3.08. The molecule has 2 nitrogen and oxygen atoms in total. The predicted octanol–water partition coefficient (Wildman–Crippen LogP) is 3.22. The van der Waals surface area contributed by atoms with E-state index in [1.807, 2.05) is 0 Å². The quantitative estimate of drug-likeness (QED) is 0.804. The summed E-state index contributed by atoms with van der Waals surface area (Å²) in [4.78, 5) is 15.1. The molecule has 0 radical (unpaired) electrons. The van der Waals surface area contributed by atoms with E-state index in [1.165, 1.54) is 22.1 Å². The monoisotopic (exact) mass is 291 g/mol. The number of alkyl halides is 1. The lowest BCUT2D eigenvalue weighted by molar-refractivity contribution is 0.909. The first-order valence-corrected chi connectivity index (χ1v) is 7.06. The van der Waals surface area contributed by atoms with Crippen molar-refractivity contribution >= 4 is 26.8 Å². The minimum atomic E-state index is 0.111. The topological polar surface area (TPSA) is 32.9 Å². The molecular weight excluding hydrogens is 278 g/mol. The van der Waals surface area contributed by atoms with Crippen LogP contribution in [0.1, 0.15) is 28.7 Å². The number of rotatable bonds is 1. The number of aromatic nitrogens is 1. The molecule has 0 bridgehead atoms. The lowest BCUT2D eigenvalue weighted by Crippen LogP contribution is -2.13. The number of nitrogens with one attached hydrogen (secondary N) is 1. The van der Waals surface area contributed by atoms with E-state index in [4.69, 9.17) is 0 Å². The summed E-state index contributed by atoms with van der Waals surface area (Å²) in [7, 11) is 0. The van der Waals surface area contributed by atoms with Gasteiger partial charge < -0.3 is 4.98 Å². The molecule has 3 heteroatoms. The highest BCUT2D eigenvalue weighted by Crippen LogP contribution is 2.29. The second kappa shape index (κ2) is 3.98. The maximum Gasteiger partial charge on any atom is 0.251 e. The molecule has 1 aromatic carbocycles. The van der Waals surface area contributed by atoms with Gasteiger partial charge in [0.05, 0.1) is 5.52 Å². The summed E-state index contributed by atoms with van der Waals surface area (Å²) in [6, 6.07) is 4.31. The Morgan fingerprint density at radius 1 is 1.29 bits per heavy atom. The van der Waals surface area contributed by atoms with Crippen LogP contribution in [0.3, 0.4) is 0 Å². The molecule has 0 spiro atoms. The number of hydrogen-bond acceptors (Lipinski definition) is 1. The summed E-state index contributed by atoms with van der Waals surface area (Å²) < 4.78 is 0. The number of aromatic amines is 1. The van der Waals surface area contributed by atoms with Gasteiger partial charge in [-0.1, -0.05) is 28.1 Å². The zero-order valence-electron chi connectivity index (χ0n) is 9.77. The van der Waals surface area contributed by atoms with Crippen LogP contribution in [0.4, 0.5) is 0 Å². The van der Waals surface area contributed by atoms with Gasteiger partial charge in [-0.3, -0.25) is 4.79 Å². The second-order valence-corrected chi connectivity index (χ2v) is 5.23. The molecule has 17 heavy (non-hydrogen) atoms. The number of aryl methyl sites for hydroxylation is 2. The van der Waals surface area contributed by atoms with E-state index in [0.717, 1.165) is 35.7 Å². The predicted molar refractivity (Wildman–Crippen MR) is 74.0 cm³/mol. The van der Waals surface area contributed by atoms with E-state index in [2.05, 4.69) is 40.0 Å². The lowest BCUT2D eigenvalue weighted by Gasteiger charge is -2.10. The Morgan fingerprint density at radius 2 is 2.06 bits per heavy atom. The maximum absolute atomic E-state index is 12.0. The van der Waals surface area contributed by atoms with E-state index < -0.39 is 0 Å². The fourth-order valence-electron chi connectivity index (χ4n) is 2.79. The molecule has 0 saturated heterocycles. The molecule has 0 amide bonds. The molecule has 1 aromatic heterocycles. The van der Waals surface area contributed by atoms with Gasteiger partial charge in [0, 0.05) is 16.3 Å². The van der Waals surface area contributed by atoms with Gasteiger partial charge in [0.2, 0.25) is 0 Å². The van der Waals surface area contributed by atoms with Crippen LogP contribution in [-0.4, -0.2) is 4.98 Å². The van der Waals surface area contributed by atoms with E-state index in [9.17, 15) is 4.79 Å². The largest absolute Gasteiger partial charge is 0.321 e. The van der Waals surface area contributed by atoms with Gasteiger partial charge in [-0.15, -0.1) is 0 Å². The molecule has 1 aliphatic carbocycles. The van der Waals surface area contributed by atoms with E-state index in [0.29, 0.717) is 0 Å². The highest BCUT2D eigenvalue weighted by Gasteiger charge is 2.18. The van der Waals surface area contributed by atoms with E-state index in [-0.39, 0.29) is 5.56 Å². The Kier molecular flexibility index (Phi) is 2.58. The van der Waals surface area contributed by atoms with Gasteiger partial charge in [0.1, 0.15) is 0 Å². The molecule has 0 saturated carbocycles. The van der Waals surface area contributed by atoms with Crippen LogP contribution in [-0.2, 0) is 18.2 Å². The van der Waals surface area contributed by atoms with Crippen molar-refractivity contribution in [2.45, 2.75) is 31.5 Å². The molecule has 2 aromatic rings. The van der Waals surface area contributed by atoms with Crippen LogP contribution >= 0.6 is 15.9 Å². The van der Waals surface area contributed by atoms with Crippen molar-refractivity contribution in [3.8, 4) is 0 Å². The molecule has 3 rings (SSSR count). The minimum Gasteiger partial charge on any atom is -0.321 e. The number of fused-ring (bicyclic) bond motifs is 3. The Morgan fingerprint density at radius 3 is 2.82 bits per heavy atom. The smallest absolute Gasteiger partial charge is 0.251 e. The van der Waals surface area contributed by atoms with Crippen molar-refractivity contribution in [2.75, 3.05) is 0 Å². The highest BCUT2D eigenvalue weighted by molar-refractivity contribution is 9.08. The number of H-pyrrole nitrogens is 1. The summed E-state index contributed by atoms with van der Waals surface area (Å²) in [5.74, 6) is 0. The first-order chi connectivity index (χ1) is 8.22. The first kappa shape index (κ1) is 11.0. The van der Waals surface area contributed by atoms with Crippen molar-refractivity contribution < 1.29 is 0 Å². The maximum atomic E-state index is 12.0.